The van der Waals surface area contributed by atoms with Gasteiger partial charge in [-0.3, -0.25) is 9.69 Å². The molecular formula is C13H24Cl3N3O3S. The van der Waals surface area contributed by atoms with Gasteiger partial charge in [0, 0.05) is 25.4 Å². The minimum atomic E-state index is -0.249. The highest BCUT2D eigenvalue weighted by Gasteiger charge is 2.15. The van der Waals surface area contributed by atoms with Crippen molar-refractivity contribution in [3.05, 3.63) is 15.9 Å². The molecule has 0 bridgehead atoms. The molecule has 0 spiro atoms. The average Bonchev–Trinajstić information content (AvgIpc) is 2.38. The van der Waals surface area contributed by atoms with Gasteiger partial charge < -0.3 is 14.8 Å². The molecule has 1 saturated heterocycles. The third-order valence-corrected chi connectivity index (χ3v) is 4.09. The molecule has 0 radical (unpaired) electrons. The van der Waals surface area contributed by atoms with Crippen LogP contribution in [0.2, 0.25) is 0 Å². The first-order valence-electron chi connectivity index (χ1n) is 6.84. The number of ether oxygens (including phenoxy) is 1. The molecule has 0 amide bonds. The van der Waals surface area contributed by atoms with Crippen LogP contribution in [-0.2, 0) is 4.74 Å². The predicted octanol–water partition coefficient (Wildman–Crippen LogP) is 2.29. The lowest BCUT2D eigenvalue weighted by atomic mass is 10.1. The number of nitrogens with zero attached hydrogens (tertiary/aromatic N) is 2. The molecule has 136 valence electrons. The number of thioether (sulfide) groups is 1. The van der Waals surface area contributed by atoms with Gasteiger partial charge in [0.05, 0.1) is 18.8 Å². The van der Waals surface area contributed by atoms with Crippen LogP contribution in [0.4, 0.5) is 0 Å². The minimum Gasteiger partial charge on any atom is -0.493 e. The fraction of sp³-hybridized carbons (Fsp3) is 0.692. The average molecular weight is 409 g/mol. The molecule has 2 heterocycles. The summed E-state index contributed by atoms with van der Waals surface area (Å²) in [6.07, 6.45) is 0. The van der Waals surface area contributed by atoms with Crippen LogP contribution in [0.15, 0.2) is 9.95 Å². The predicted molar refractivity (Wildman–Crippen MR) is 100 cm³/mol. The highest BCUT2D eigenvalue weighted by Crippen LogP contribution is 2.21. The molecular weight excluding hydrogens is 385 g/mol. The second kappa shape index (κ2) is 12.2. The number of H-pyrrole nitrogens is 1. The zero-order valence-electron chi connectivity index (χ0n) is 13.1. The number of rotatable bonds is 5. The van der Waals surface area contributed by atoms with Crippen molar-refractivity contribution >= 4 is 49.0 Å². The topological polar surface area (TPSA) is 78.5 Å². The van der Waals surface area contributed by atoms with Crippen molar-refractivity contribution < 1.29 is 9.84 Å². The van der Waals surface area contributed by atoms with E-state index in [2.05, 4.69) is 14.9 Å². The van der Waals surface area contributed by atoms with E-state index in [1.165, 1.54) is 11.8 Å². The molecule has 0 unspecified atom stereocenters. The van der Waals surface area contributed by atoms with Gasteiger partial charge in [0.15, 0.2) is 5.16 Å². The summed E-state index contributed by atoms with van der Waals surface area (Å²) in [5.41, 5.74) is 0.101. The van der Waals surface area contributed by atoms with Crippen LogP contribution >= 0.6 is 49.0 Å². The Morgan fingerprint density at radius 2 is 1.91 bits per heavy atom. The first-order valence-corrected chi connectivity index (χ1v) is 7.82. The molecule has 1 aliphatic rings. The lowest BCUT2D eigenvalue weighted by Crippen LogP contribution is -2.37. The summed E-state index contributed by atoms with van der Waals surface area (Å²) >= 11 is 1.45. The van der Waals surface area contributed by atoms with Gasteiger partial charge in [0.25, 0.3) is 5.56 Å². The first-order chi connectivity index (χ1) is 9.58. The molecule has 6 nitrogen and oxygen atoms in total. The molecule has 2 N–H and O–H groups in total. The van der Waals surface area contributed by atoms with E-state index < -0.39 is 0 Å². The molecule has 1 aliphatic heterocycles. The zero-order valence-corrected chi connectivity index (χ0v) is 16.4. The van der Waals surface area contributed by atoms with Gasteiger partial charge in [-0.05, 0) is 5.92 Å². The van der Waals surface area contributed by atoms with Gasteiger partial charge in [0.2, 0.25) is 5.88 Å². The number of hydrogen-bond donors (Lipinski definition) is 2. The number of nitrogens with one attached hydrogen (secondary N) is 1. The van der Waals surface area contributed by atoms with Gasteiger partial charge in [-0.25, -0.2) is 0 Å². The van der Waals surface area contributed by atoms with Crippen molar-refractivity contribution in [2.75, 3.05) is 38.6 Å². The lowest BCUT2D eigenvalue weighted by Gasteiger charge is -2.26. The number of morpholine rings is 1. The number of aromatic nitrogens is 2. The molecule has 0 aromatic carbocycles. The van der Waals surface area contributed by atoms with Crippen LogP contribution in [0.3, 0.4) is 0 Å². The molecule has 0 saturated carbocycles. The largest absolute Gasteiger partial charge is 0.493 e. The third-order valence-electron chi connectivity index (χ3n) is 3.24. The Morgan fingerprint density at radius 3 is 2.43 bits per heavy atom. The van der Waals surface area contributed by atoms with Crippen LogP contribution in [0, 0.1) is 0 Å². The maximum Gasteiger partial charge on any atom is 0.258 e. The van der Waals surface area contributed by atoms with Crippen molar-refractivity contribution in [3.8, 4) is 5.88 Å². The van der Waals surface area contributed by atoms with Gasteiger partial charge in [0.1, 0.15) is 0 Å². The van der Waals surface area contributed by atoms with Gasteiger partial charge in [-0.15, -0.1) is 37.2 Å². The van der Waals surface area contributed by atoms with E-state index in [1.54, 1.807) is 0 Å². The van der Waals surface area contributed by atoms with Crippen LogP contribution in [0.1, 0.15) is 25.3 Å². The van der Waals surface area contributed by atoms with Crippen LogP contribution in [0.25, 0.3) is 0 Å². The molecule has 1 aromatic heterocycles. The number of aromatic amines is 1. The number of hydrogen-bond acceptors (Lipinski definition) is 6. The van der Waals surface area contributed by atoms with Gasteiger partial charge in [-0.2, -0.15) is 4.98 Å². The summed E-state index contributed by atoms with van der Waals surface area (Å²) in [6.45, 7) is 8.09. The second-order valence-corrected chi connectivity index (χ2v) is 6.15. The Morgan fingerprint density at radius 1 is 1.30 bits per heavy atom. The van der Waals surface area contributed by atoms with E-state index in [9.17, 15) is 9.90 Å². The molecule has 2 rings (SSSR count). The van der Waals surface area contributed by atoms with E-state index in [0.717, 1.165) is 38.6 Å². The monoisotopic (exact) mass is 407 g/mol. The Bertz CT molecular complexity index is 511. The highest BCUT2D eigenvalue weighted by atomic mass is 35.5. The van der Waals surface area contributed by atoms with Crippen molar-refractivity contribution in [2.24, 2.45) is 0 Å². The number of halogens is 3. The summed E-state index contributed by atoms with van der Waals surface area (Å²) in [4.78, 5) is 21.0. The van der Waals surface area contributed by atoms with E-state index in [0.29, 0.717) is 10.7 Å². The second-order valence-electron chi connectivity index (χ2n) is 5.07. The SMILES string of the molecule is CC(C)c1c(O)nc(SCCN2CCOCC2)[nH]c1=O.Cl.Cl.Cl. The van der Waals surface area contributed by atoms with Crippen molar-refractivity contribution in [3.63, 3.8) is 0 Å². The van der Waals surface area contributed by atoms with E-state index in [4.69, 9.17) is 4.74 Å². The van der Waals surface area contributed by atoms with Gasteiger partial charge >= 0.3 is 0 Å². The van der Waals surface area contributed by atoms with E-state index >= 15 is 0 Å². The standard InChI is InChI=1S/C13H21N3O3S.3ClH/c1-9(2)10-11(17)14-13(15-12(10)18)20-8-5-16-3-6-19-7-4-16;;;/h9H,3-8H2,1-2H3,(H2,14,15,17,18);3*1H. The van der Waals surface area contributed by atoms with E-state index in [1.807, 2.05) is 13.8 Å². The summed E-state index contributed by atoms with van der Waals surface area (Å²) < 4.78 is 5.29. The molecule has 0 aliphatic carbocycles. The molecule has 1 fully saturated rings. The summed E-state index contributed by atoms with van der Waals surface area (Å²) in [7, 11) is 0. The molecule has 23 heavy (non-hydrogen) atoms. The van der Waals surface area contributed by atoms with Crippen molar-refractivity contribution in [1.29, 1.82) is 0 Å². The Balaban J connectivity index is 0. The molecule has 10 heteroatoms. The number of aromatic hydroxyl groups is 1. The van der Waals surface area contributed by atoms with Crippen molar-refractivity contribution in [1.82, 2.24) is 14.9 Å². The fourth-order valence-electron chi connectivity index (χ4n) is 2.14. The zero-order chi connectivity index (χ0) is 14.5. The van der Waals surface area contributed by atoms with Gasteiger partial charge in [-0.1, -0.05) is 25.6 Å². The normalized spacial score (nSPS) is 14.6. The Kier molecular flexibility index (Phi) is 13.3. The van der Waals surface area contributed by atoms with Crippen LogP contribution < -0.4 is 5.56 Å². The summed E-state index contributed by atoms with van der Waals surface area (Å²) in [6, 6.07) is 0. The highest BCUT2D eigenvalue weighted by molar-refractivity contribution is 7.99. The quantitative estimate of drug-likeness (QED) is 0.575. The molecule has 1 aromatic rings. The van der Waals surface area contributed by atoms with Crippen LogP contribution in [-0.4, -0.2) is 58.6 Å². The lowest BCUT2D eigenvalue weighted by molar-refractivity contribution is 0.0410. The smallest absolute Gasteiger partial charge is 0.258 e. The minimum absolute atomic E-state index is 0. The maximum atomic E-state index is 11.9. The first kappa shape index (κ1) is 25.1. The Hall–Kier alpha value is -0.180. The van der Waals surface area contributed by atoms with E-state index in [-0.39, 0.29) is 54.6 Å². The molecule has 0 atom stereocenters. The summed E-state index contributed by atoms with van der Waals surface area (Å²) in [5, 5.41) is 10.3. The maximum absolute atomic E-state index is 11.9. The Labute approximate surface area is 159 Å². The third kappa shape index (κ3) is 7.49. The fourth-order valence-corrected chi connectivity index (χ4v) is 2.99. The van der Waals surface area contributed by atoms with Crippen molar-refractivity contribution in [2.45, 2.75) is 24.9 Å². The summed E-state index contributed by atoms with van der Waals surface area (Å²) in [5.74, 6) is 0.625. The van der Waals surface area contributed by atoms with Crippen LogP contribution in [0.5, 0.6) is 5.88 Å².